The first-order valence-corrected chi connectivity index (χ1v) is 8.80. The van der Waals surface area contributed by atoms with Gasteiger partial charge in [-0.05, 0) is 24.4 Å². The number of hydrogen-bond acceptors (Lipinski definition) is 2. The Labute approximate surface area is 146 Å². The van der Waals surface area contributed by atoms with Crippen molar-refractivity contribution in [1.82, 2.24) is 4.98 Å². The lowest BCUT2D eigenvalue weighted by molar-refractivity contribution is 1.28. The Balaban J connectivity index is 1.92. The van der Waals surface area contributed by atoms with Crippen LogP contribution in [0.25, 0.3) is 22.0 Å². The molecule has 3 aromatic carbocycles. The predicted molar refractivity (Wildman–Crippen MR) is 102 cm³/mol. The molecule has 0 fully saturated rings. The topological polar surface area (TPSA) is 12.9 Å². The summed E-state index contributed by atoms with van der Waals surface area (Å²) >= 11 is 1.78. The molecule has 0 spiro atoms. The second kappa shape index (κ2) is 6.50. The minimum absolute atomic E-state index is 1.04. The largest absolute Gasteiger partial charge is 0.254 e. The highest BCUT2D eigenvalue weighted by Crippen LogP contribution is 2.39. The highest BCUT2D eigenvalue weighted by Gasteiger charge is 2.12. The van der Waals surface area contributed by atoms with Gasteiger partial charge in [0, 0.05) is 26.9 Å². The third-order valence-corrected chi connectivity index (χ3v) is 5.17. The monoisotopic (exact) mass is 327 g/mol. The van der Waals surface area contributed by atoms with Crippen molar-refractivity contribution in [3.63, 3.8) is 0 Å². The summed E-state index contributed by atoms with van der Waals surface area (Å²) in [5.74, 6) is 0. The first-order chi connectivity index (χ1) is 11.8. The van der Waals surface area contributed by atoms with Crippen molar-refractivity contribution in [3.8, 4) is 11.3 Å². The Bertz CT molecular complexity index is 976. The maximum absolute atomic E-state index is 4.78. The number of nitrogens with zero attached hydrogens (tertiary/aromatic N) is 1. The van der Waals surface area contributed by atoms with Gasteiger partial charge in [0.2, 0.25) is 0 Å². The number of pyridine rings is 1. The van der Waals surface area contributed by atoms with E-state index in [1.807, 2.05) is 12.3 Å². The normalized spacial score (nSPS) is 10.9. The van der Waals surface area contributed by atoms with Crippen LogP contribution >= 0.6 is 11.8 Å². The van der Waals surface area contributed by atoms with Gasteiger partial charge in [0.1, 0.15) is 0 Å². The minimum Gasteiger partial charge on any atom is -0.254 e. The summed E-state index contributed by atoms with van der Waals surface area (Å²) in [5, 5.41) is 2.42. The van der Waals surface area contributed by atoms with E-state index in [-0.39, 0.29) is 0 Å². The van der Waals surface area contributed by atoms with Gasteiger partial charge in [0.15, 0.2) is 0 Å². The number of aromatic nitrogens is 1. The molecule has 0 aliphatic heterocycles. The zero-order valence-corrected chi connectivity index (χ0v) is 14.3. The summed E-state index contributed by atoms with van der Waals surface area (Å²) in [4.78, 5) is 7.22. The van der Waals surface area contributed by atoms with Gasteiger partial charge in [-0.2, -0.15) is 0 Å². The SMILES string of the molecule is Cc1ccc(-c2ncc3ccccc3c2Sc2ccccc2)cc1. The van der Waals surface area contributed by atoms with E-state index in [4.69, 9.17) is 4.98 Å². The molecule has 24 heavy (non-hydrogen) atoms. The molecular weight excluding hydrogens is 310 g/mol. The molecule has 116 valence electrons. The van der Waals surface area contributed by atoms with E-state index in [1.54, 1.807) is 11.8 Å². The van der Waals surface area contributed by atoms with Gasteiger partial charge in [-0.25, -0.2) is 0 Å². The summed E-state index contributed by atoms with van der Waals surface area (Å²) in [5.41, 5.74) is 3.46. The third-order valence-electron chi connectivity index (χ3n) is 4.04. The van der Waals surface area contributed by atoms with Crippen LogP contribution in [0.5, 0.6) is 0 Å². The molecule has 1 heterocycles. The molecule has 0 amide bonds. The van der Waals surface area contributed by atoms with Crippen molar-refractivity contribution in [2.45, 2.75) is 16.7 Å². The molecule has 0 aliphatic carbocycles. The molecule has 1 nitrogen and oxygen atoms in total. The smallest absolute Gasteiger partial charge is 0.0847 e. The molecule has 0 radical (unpaired) electrons. The van der Waals surface area contributed by atoms with Crippen LogP contribution in [0.4, 0.5) is 0 Å². The summed E-state index contributed by atoms with van der Waals surface area (Å²) in [6, 6.07) is 27.5. The van der Waals surface area contributed by atoms with Crippen LogP contribution < -0.4 is 0 Å². The lowest BCUT2D eigenvalue weighted by Gasteiger charge is -2.12. The third kappa shape index (κ3) is 2.93. The Kier molecular flexibility index (Phi) is 4.06. The first-order valence-electron chi connectivity index (χ1n) is 7.99. The van der Waals surface area contributed by atoms with E-state index in [1.165, 1.54) is 26.1 Å². The van der Waals surface area contributed by atoms with Crippen LogP contribution in [-0.2, 0) is 0 Å². The van der Waals surface area contributed by atoms with E-state index in [0.717, 1.165) is 11.3 Å². The Morgan fingerprint density at radius 2 is 1.46 bits per heavy atom. The van der Waals surface area contributed by atoms with Crippen molar-refractivity contribution >= 4 is 22.5 Å². The molecule has 0 saturated heterocycles. The number of benzene rings is 3. The van der Waals surface area contributed by atoms with E-state index in [0.29, 0.717) is 0 Å². The predicted octanol–water partition coefficient (Wildman–Crippen LogP) is 6.36. The van der Waals surface area contributed by atoms with Gasteiger partial charge >= 0.3 is 0 Å². The summed E-state index contributed by atoms with van der Waals surface area (Å²) in [6.45, 7) is 2.11. The highest BCUT2D eigenvalue weighted by molar-refractivity contribution is 7.99. The quantitative estimate of drug-likeness (QED) is 0.434. The van der Waals surface area contributed by atoms with Crippen molar-refractivity contribution in [2.75, 3.05) is 0 Å². The fraction of sp³-hybridized carbons (Fsp3) is 0.0455. The van der Waals surface area contributed by atoms with Crippen molar-refractivity contribution in [3.05, 3.63) is 90.6 Å². The van der Waals surface area contributed by atoms with Crippen molar-refractivity contribution < 1.29 is 0 Å². The number of hydrogen-bond donors (Lipinski definition) is 0. The lowest BCUT2D eigenvalue weighted by atomic mass is 10.1. The van der Waals surface area contributed by atoms with Gasteiger partial charge in [-0.3, -0.25) is 4.98 Å². The fourth-order valence-corrected chi connectivity index (χ4v) is 3.86. The maximum Gasteiger partial charge on any atom is 0.0847 e. The summed E-state index contributed by atoms with van der Waals surface area (Å²) in [7, 11) is 0. The molecule has 0 N–H and O–H groups in total. The second-order valence-electron chi connectivity index (χ2n) is 5.80. The summed E-state index contributed by atoms with van der Waals surface area (Å²) in [6.07, 6.45) is 1.97. The summed E-state index contributed by atoms with van der Waals surface area (Å²) < 4.78 is 0. The average molecular weight is 327 g/mol. The molecule has 0 aliphatic rings. The Hall–Kier alpha value is -2.58. The van der Waals surface area contributed by atoms with Crippen LogP contribution in [0.2, 0.25) is 0 Å². The standard InChI is InChI=1S/C22H17NS/c1-16-11-13-17(14-12-16)21-22(24-19-8-3-2-4-9-19)20-10-6-5-7-18(20)15-23-21/h2-15H,1H3. The Morgan fingerprint density at radius 3 is 2.25 bits per heavy atom. The van der Waals surface area contributed by atoms with Gasteiger partial charge in [0.05, 0.1) is 5.69 Å². The zero-order valence-electron chi connectivity index (χ0n) is 13.4. The van der Waals surface area contributed by atoms with Gasteiger partial charge in [-0.15, -0.1) is 0 Å². The lowest BCUT2D eigenvalue weighted by Crippen LogP contribution is -1.90. The van der Waals surface area contributed by atoms with Crippen LogP contribution in [-0.4, -0.2) is 4.98 Å². The van der Waals surface area contributed by atoms with E-state index in [2.05, 4.69) is 79.7 Å². The van der Waals surface area contributed by atoms with Crippen LogP contribution in [0.3, 0.4) is 0 Å². The highest BCUT2D eigenvalue weighted by atomic mass is 32.2. The van der Waals surface area contributed by atoms with E-state index >= 15 is 0 Å². The van der Waals surface area contributed by atoms with Gasteiger partial charge in [0.25, 0.3) is 0 Å². The van der Waals surface area contributed by atoms with E-state index < -0.39 is 0 Å². The zero-order chi connectivity index (χ0) is 16.4. The molecule has 0 atom stereocenters. The van der Waals surface area contributed by atoms with Gasteiger partial charge in [-0.1, -0.05) is 84.1 Å². The fourth-order valence-electron chi connectivity index (χ4n) is 2.76. The Morgan fingerprint density at radius 1 is 0.750 bits per heavy atom. The molecule has 2 heteroatoms. The molecule has 4 aromatic rings. The maximum atomic E-state index is 4.78. The van der Waals surface area contributed by atoms with Crippen LogP contribution in [0.15, 0.2) is 94.9 Å². The minimum atomic E-state index is 1.04. The van der Waals surface area contributed by atoms with E-state index in [9.17, 15) is 0 Å². The molecule has 0 saturated carbocycles. The molecule has 0 bridgehead atoms. The first kappa shape index (κ1) is 15.0. The number of aryl methyl sites for hydroxylation is 1. The van der Waals surface area contributed by atoms with Crippen molar-refractivity contribution in [1.29, 1.82) is 0 Å². The number of fused-ring (bicyclic) bond motifs is 1. The average Bonchev–Trinajstić information content (AvgIpc) is 2.64. The molecule has 1 aromatic heterocycles. The van der Waals surface area contributed by atoms with Crippen LogP contribution in [0.1, 0.15) is 5.56 Å². The number of rotatable bonds is 3. The molecule has 4 rings (SSSR count). The van der Waals surface area contributed by atoms with Crippen molar-refractivity contribution in [2.24, 2.45) is 0 Å². The van der Waals surface area contributed by atoms with Crippen LogP contribution in [0, 0.1) is 6.92 Å². The molecule has 0 unspecified atom stereocenters. The van der Waals surface area contributed by atoms with Gasteiger partial charge < -0.3 is 0 Å². The second-order valence-corrected chi connectivity index (χ2v) is 6.89. The molecular formula is C22H17NS.